The Morgan fingerprint density at radius 3 is 2.37 bits per heavy atom. The molecular weight excluding hydrogens is 516 g/mol. The molecule has 1 N–H and O–H groups in total. The van der Waals surface area contributed by atoms with Gasteiger partial charge in [-0.1, -0.05) is 29.3 Å². The third-order valence-electron chi connectivity index (χ3n) is 5.67. The maximum absolute atomic E-state index is 12.5. The quantitative estimate of drug-likeness (QED) is 0.366. The number of hydrogen-bond acceptors (Lipinski definition) is 6. The zero-order chi connectivity index (χ0) is 25.5. The molecule has 0 aliphatic carbocycles. The van der Waals surface area contributed by atoms with E-state index in [1.165, 1.54) is 4.90 Å². The fraction of sp³-hybridized carbons (Fsp3) is 0.385. The minimum Gasteiger partial charge on any atom is -0.462 e. The van der Waals surface area contributed by atoms with Crippen LogP contribution >= 0.6 is 15.9 Å². The largest absolute Gasteiger partial charge is 0.462 e. The van der Waals surface area contributed by atoms with E-state index < -0.39 is 30.4 Å². The van der Waals surface area contributed by atoms with Crippen molar-refractivity contribution in [2.45, 2.75) is 40.0 Å². The van der Waals surface area contributed by atoms with E-state index in [-0.39, 0.29) is 18.9 Å². The highest BCUT2D eigenvalue weighted by Crippen LogP contribution is 2.27. The Morgan fingerprint density at radius 1 is 1.09 bits per heavy atom. The minimum absolute atomic E-state index is 0.00757. The molecule has 3 rings (SSSR count). The lowest BCUT2D eigenvalue weighted by Gasteiger charge is -2.17. The molecule has 0 bridgehead atoms. The number of unbranched alkanes of at least 4 members (excludes halogenated alkanes) is 1. The van der Waals surface area contributed by atoms with E-state index in [9.17, 15) is 19.2 Å². The molecule has 9 heteroatoms. The van der Waals surface area contributed by atoms with Crippen LogP contribution in [-0.4, -0.2) is 43.5 Å². The number of benzene rings is 2. The first-order valence-corrected chi connectivity index (χ1v) is 12.3. The molecule has 1 heterocycles. The second-order valence-corrected chi connectivity index (χ2v) is 9.31. The first-order valence-electron chi connectivity index (χ1n) is 11.5. The summed E-state index contributed by atoms with van der Waals surface area (Å²) < 4.78 is 11.3. The molecule has 2 aromatic rings. The van der Waals surface area contributed by atoms with Gasteiger partial charge in [0.05, 0.1) is 18.1 Å². The van der Waals surface area contributed by atoms with Gasteiger partial charge in [0, 0.05) is 28.8 Å². The van der Waals surface area contributed by atoms with E-state index in [2.05, 4.69) is 21.2 Å². The number of nitrogens with zero attached hydrogens (tertiary/aromatic N) is 1. The molecule has 2 amide bonds. The molecule has 0 aromatic heterocycles. The maximum atomic E-state index is 12.5. The highest BCUT2D eigenvalue weighted by Gasteiger charge is 2.36. The number of anilines is 2. The van der Waals surface area contributed by atoms with Gasteiger partial charge >= 0.3 is 11.9 Å². The summed E-state index contributed by atoms with van der Waals surface area (Å²) in [7, 11) is 0. The van der Waals surface area contributed by atoms with E-state index in [1.54, 1.807) is 24.3 Å². The predicted molar refractivity (Wildman–Crippen MR) is 135 cm³/mol. The Labute approximate surface area is 213 Å². The number of carbonyl (C=O) groups is 4. The Balaban J connectivity index is 1.51. The number of ether oxygens (including phenoxy) is 2. The topological polar surface area (TPSA) is 102 Å². The van der Waals surface area contributed by atoms with E-state index in [4.69, 9.17) is 9.47 Å². The van der Waals surface area contributed by atoms with Crippen LogP contribution in [0.25, 0.3) is 0 Å². The second kappa shape index (κ2) is 12.0. The highest BCUT2D eigenvalue weighted by molar-refractivity contribution is 9.10. The normalized spacial score (nSPS) is 15.1. The van der Waals surface area contributed by atoms with Gasteiger partial charge in [0.2, 0.25) is 5.91 Å². The molecule has 2 aromatic carbocycles. The maximum Gasteiger partial charge on any atom is 0.338 e. The molecule has 0 spiro atoms. The minimum atomic E-state index is -0.675. The first-order chi connectivity index (χ1) is 16.7. The summed E-state index contributed by atoms with van der Waals surface area (Å²) in [6.07, 6.45) is 1.73. The molecule has 1 atom stereocenters. The zero-order valence-corrected chi connectivity index (χ0v) is 21.6. The fourth-order valence-corrected chi connectivity index (χ4v) is 3.98. The van der Waals surface area contributed by atoms with Crippen molar-refractivity contribution in [3.05, 3.63) is 57.6 Å². The molecule has 1 fully saturated rings. The molecule has 8 nitrogen and oxygen atoms in total. The van der Waals surface area contributed by atoms with Crippen LogP contribution < -0.4 is 10.2 Å². The summed E-state index contributed by atoms with van der Waals surface area (Å²) in [4.78, 5) is 50.8. The van der Waals surface area contributed by atoms with Gasteiger partial charge in [-0.15, -0.1) is 0 Å². The van der Waals surface area contributed by atoms with E-state index in [0.29, 0.717) is 23.5 Å². The number of carbonyl (C=O) groups excluding carboxylic acids is 4. The molecule has 1 saturated heterocycles. The lowest BCUT2D eigenvalue weighted by Crippen LogP contribution is -2.28. The third kappa shape index (κ3) is 6.91. The standard InChI is InChI=1S/C26H29BrN2O6/c1-4-5-10-34-25(32)18-6-8-21(9-7-18)29-14-19(13-23(29)31)26(33)35-15-22(30)28-20-11-16(2)24(27)17(3)12-20/h6-9,11-12,19H,4-5,10,13-15H2,1-3H3,(H,28,30)/t19-/m0/s1. The van der Waals surface area contributed by atoms with E-state index in [0.717, 1.165) is 28.4 Å². The van der Waals surface area contributed by atoms with Gasteiger partial charge in [-0.3, -0.25) is 14.4 Å². The summed E-state index contributed by atoms with van der Waals surface area (Å²) in [5, 5.41) is 2.72. The van der Waals surface area contributed by atoms with Crippen molar-refractivity contribution in [1.29, 1.82) is 0 Å². The average molecular weight is 545 g/mol. The monoisotopic (exact) mass is 544 g/mol. The van der Waals surface area contributed by atoms with Crippen molar-refractivity contribution < 1.29 is 28.7 Å². The zero-order valence-electron chi connectivity index (χ0n) is 20.1. The number of amides is 2. The lowest BCUT2D eigenvalue weighted by molar-refractivity contribution is -0.151. The number of esters is 2. The lowest BCUT2D eigenvalue weighted by atomic mass is 10.1. The van der Waals surface area contributed by atoms with Crippen LogP contribution in [-0.2, 0) is 23.9 Å². The summed E-state index contributed by atoms with van der Waals surface area (Å²) >= 11 is 3.48. The average Bonchev–Trinajstić information content (AvgIpc) is 3.22. The van der Waals surface area contributed by atoms with E-state index in [1.807, 2.05) is 32.9 Å². The summed E-state index contributed by atoms with van der Waals surface area (Å²) in [6.45, 7) is 5.92. The Bertz CT molecular complexity index is 1090. The molecular formula is C26H29BrN2O6. The van der Waals surface area contributed by atoms with Crippen molar-refractivity contribution in [3.8, 4) is 0 Å². The number of halogens is 1. The van der Waals surface area contributed by atoms with Gasteiger partial charge in [-0.05, 0) is 67.8 Å². The van der Waals surface area contributed by atoms with Crippen LogP contribution in [0.2, 0.25) is 0 Å². The molecule has 0 radical (unpaired) electrons. The molecule has 1 aliphatic heterocycles. The Morgan fingerprint density at radius 2 is 1.74 bits per heavy atom. The number of aryl methyl sites for hydroxylation is 2. The van der Waals surface area contributed by atoms with Gasteiger partial charge in [0.15, 0.2) is 6.61 Å². The van der Waals surface area contributed by atoms with Gasteiger partial charge < -0.3 is 19.7 Å². The molecule has 1 aliphatic rings. The Hall–Kier alpha value is -3.20. The fourth-order valence-electron chi connectivity index (χ4n) is 3.75. The molecule has 35 heavy (non-hydrogen) atoms. The highest BCUT2D eigenvalue weighted by atomic mass is 79.9. The number of nitrogens with one attached hydrogen (secondary N) is 1. The van der Waals surface area contributed by atoms with Crippen molar-refractivity contribution in [2.75, 3.05) is 30.0 Å². The van der Waals surface area contributed by atoms with Crippen LogP contribution in [0.3, 0.4) is 0 Å². The van der Waals surface area contributed by atoms with Crippen LogP contribution in [0.15, 0.2) is 40.9 Å². The predicted octanol–water partition coefficient (Wildman–Crippen LogP) is 4.56. The third-order valence-corrected chi connectivity index (χ3v) is 6.92. The van der Waals surface area contributed by atoms with Crippen LogP contribution in [0.4, 0.5) is 11.4 Å². The van der Waals surface area contributed by atoms with Crippen molar-refractivity contribution >= 4 is 51.1 Å². The van der Waals surface area contributed by atoms with Crippen molar-refractivity contribution in [1.82, 2.24) is 0 Å². The smallest absolute Gasteiger partial charge is 0.338 e. The number of hydrogen-bond donors (Lipinski definition) is 1. The SMILES string of the molecule is CCCCOC(=O)c1ccc(N2C[C@@H](C(=O)OCC(=O)Nc3cc(C)c(Br)c(C)c3)CC2=O)cc1. The molecule has 0 unspecified atom stereocenters. The molecule has 0 saturated carbocycles. The van der Waals surface area contributed by atoms with Gasteiger partial charge in [-0.25, -0.2) is 4.79 Å². The van der Waals surface area contributed by atoms with Crippen LogP contribution in [0, 0.1) is 19.8 Å². The molecule has 186 valence electrons. The van der Waals surface area contributed by atoms with Gasteiger partial charge in [0.1, 0.15) is 0 Å². The van der Waals surface area contributed by atoms with Gasteiger partial charge in [0.25, 0.3) is 5.91 Å². The summed E-state index contributed by atoms with van der Waals surface area (Å²) in [5.74, 6) is -2.37. The van der Waals surface area contributed by atoms with Crippen LogP contribution in [0.5, 0.6) is 0 Å². The Kier molecular flexibility index (Phi) is 9.03. The van der Waals surface area contributed by atoms with Crippen molar-refractivity contribution in [3.63, 3.8) is 0 Å². The number of rotatable bonds is 9. The first kappa shape index (κ1) is 26.4. The van der Waals surface area contributed by atoms with Crippen molar-refractivity contribution in [2.24, 2.45) is 5.92 Å². The van der Waals surface area contributed by atoms with E-state index >= 15 is 0 Å². The second-order valence-electron chi connectivity index (χ2n) is 8.52. The van der Waals surface area contributed by atoms with Gasteiger partial charge in [-0.2, -0.15) is 0 Å². The summed E-state index contributed by atoms with van der Waals surface area (Å²) in [5.41, 5.74) is 3.54. The van der Waals surface area contributed by atoms with Crippen LogP contribution in [0.1, 0.15) is 47.7 Å². The summed E-state index contributed by atoms with van der Waals surface area (Å²) in [6, 6.07) is 10.1.